The van der Waals surface area contributed by atoms with Gasteiger partial charge in [-0.25, -0.2) is 17.1 Å². The minimum Gasteiger partial charge on any atom is -0.478 e. The number of rotatable bonds is 8. The summed E-state index contributed by atoms with van der Waals surface area (Å²) >= 11 is 1.26. The Hall–Kier alpha value is -1.08. The third-order valence-corrected chi connectivity index (χ3v) is 5.88. The Morgan fingerprint density at radius 3 is 2.57 bits per heavy atom. The van der Waals surface area contributed by atoms with E-state index in [0.717, 1.165) is 6.42 Å². The van der Waals surface area contributed by atoms with E-state index in [1.54, 1.807) is 13.0 Å². The average Bonchev–Trinajstić information content (AvgIpc) is 2.41. The van der Waals surface area contributed by atoms with E-state index in [2.05, 4.69) is 0 Å². The van der Waals surface area contributed by atoms with Crippen LogP contribution in [0.2, 0.25) is 0 Å². The summed E-state index contributed by atoms with van der Waals surface area (Å²) in [7, 11) is -1.39. The van der Waals surface area contributed by atoms with Gasteiger partial charge in [-0.15, -0.1) is 0 Å². The number of aromatic carboxylic acids is 1. The van der Waals surface area contributed by atoms with Crippen molar-refractivity contribution in [2.24, 2.45) is 0 Å². The van der Waals surface area contributed by atoms with Gasteiger partial charge >= 0.3 is 5.97 Å². The predicted octanol–water partition coefficient (Wildman–Crippen LogP) is 3.77. The molecule has 0 aromatic heterocycles. The smallest absolute Gasteiger partial charge is 0.339 e. The van der Waals surface area contributed by atoms with E-state index < -0.39 is 22.8 Å². The fraction of sp³-hybridized carbons (Fsp3) is 0.500. The molecule has 1 atom stereocenters. The van der Waals surface area contributed by atoms with Crippen LogP contribution in [0.3, 0.4) is 0 Å². The Morgan fingerprint density at radius 1 is 1.38 bits per heavy atom. The fourth-order valence-electron chi connectivity index (χ4n) is 1.73. The topological polar surface area (TPSA) is 57.6 Å². The van der Waals surface area contributed by atoms with E-state index in [-0.39, 0.29) is 11.3 Å². The third-order valence-electron chi connectivity index (χ3n) is 2.72. The first-order valence-electron chi connectivity index (χ1n) is 6.77. The highest BCUT2D eigenvalue weighted by molar-refractivity contribution is 8.12. The fourth-order valence-corrected chi connectivity index (χ4v) is 4.16. The largest absolute Gasteiger partial charge is 0.478 e. The molecule has 0 aliphatic rings. The molecule has 0 aliphatic heterocycles. The van der Waals surface area contributed by atoms with Gasteiger partial charge in [0, 0.05) is 11.5 Å². The maximum atomic E-state index is 14.5. The van der Waals surface area contributed by atoms with Crippen molar-refractivity contribution < 1.29 is 18.5 Å². The van der Waals surface area contributed by atoms with Crippen molar-refractivity contribution in [1.82, 2.24) is 0 Å². The first-order chi connectivity index (χ1) is 9.93. The molecule has 0 amide bonds. The zero-order valence-corrected chi connectivity index (χ0v) is 14.0. The standard InChI is InChI=1S/C14H20FNO3S2/c1-4-8-20-16(21(19)9-5-2)11-7-6-10(3)12(13(11)15)14(17)18/h6-7H,4-5,8-9H2,1-3H3,(H,17,18). The highest BCUT2D eigenvalue weighted by Gasteiger charge is 2.24. The second-order valence-corrected chi connectivity index (χ2v) is 7.19. The molecule has 1 rings (SSSR count). The molecule has 1 aromatic rings. The van der Waals surface area contributed by atoms with Gasteiger partial charge in [0.25, 0.3) is 0 Å². The molecule has 21 heavy (non-hydrogen) atoms. The second kappa shape index (κ2) is 8.38. The summed E-state index contributed by atoms with van der Waals surface area (Å²) in [6.45, 7) is 5.42. The highest BCUT2D eigenvalue weighted by Crippen LogP contribution is 2.31. The molecule has 0 saturated heterocycles. The zero-order valence-electron chi connectivity index (χ0n) is 12.4. The molecule has 0 saturated carbocycles. The van der Waals surface area contributed by atoms with Gasteiger partial charge in [0.15, 0.2) is 5.82 Å². The predicted molar refractivity (Wildman–Crippen MR) is 86.6 cm³/mol. The number of hydrogen-bond donors (Lipinski definition) is 1. The molecule has 0 heterocycles. The van der Waals surface area contributed by atoms with Crippen molar-refractivity contribution in [1.29, 1.82) is 0 Å². The number of halogens is 1. The normalized spacial score (nSPS) is 12.2. The maximum absolute atomic E-state index is 14.5. The monoisotopic (exact) mass is 333 g/mol. The van der Waals surface area contributed by atoms with E-state index in [9.17, 15) is 13.4 Å². The molecule has 0 spiro atoms. The second-order valence-electron chi connectivity index (χ2n) is 4.51. The molecular formula is C14H20FNO3S2. The molecule has 4 nitrogen and oxygen atoms in total. The SMILES string of the molecule is CCCSN(c1ccc(C)c(C(=O)O)c1F)S(=O)CCC. The minimum absolute atomic E-state index is 0.0724. The van der Waals surface area contributed by atoms with Crippen molar-refractivity contribution >= 4 is 34.6 Å². The number of nitrogens with zero attached hydrogens (tertiary/aromatic N) is 1. The van der Waals surface area contributed by atoms with Crippen molar-refractivity contribution in [2.75, 3.05) is 15.2 Å². The van der Waals surface area contributed by atoms with Gasteiger partial charge in [0.2, 0.25) is 0 Å². The number of aryl methyl sites for hydroxylation is 1. The lowest BCUT2D eigenvalue weighted by Crippen LogP contribution is -2.23. The van der Waals surface area contributed by atoms with E-state index in [4.69, 9.17) is 5.11 Å². The molecule has 1 unspecified atom stereocenters. The van der Waals surface area contributed by atoms with Crippen LogP contribution >= 0.6 is 11.9 Å². The molecule has 0 fully saturated rings. The third kappa shape index (κ3) is 4.44. The number of benzene rings is 1. The average molecular weight is 333 g/mol. The summed E-state index contributed by atoms with van der Waals surface area (Å²) in [5.74, 6) is -1.04. The van der Waals surface area contributed by atoms with Crippen molar-refractivity contribution in [3.05, 3.63) is 29.1 Å². The van der Waals surface area contributed by atoms with E-state index in [1.807, 2.05) is 13.8 Å². The number of carboxylic acid groups (broad SMARTS) is 1. The Bertz CT molecular complexity index is 537. The van der Waals surface area contributed by atoms with Crippen LogP contribution in [0, 0.1) is 12.7 Å². The molecular weight excluding hydrogens is 313 g/mol. The van der Waals surface area contributed by atoms with Crippen LogP contribution in [0.4, 0.5) is 10.1 Å². The highest BCUT2D eigenvalue weighted by atomic mass is 32.2. The van der Waals surface area contributed by atoms with Gasteiger partial charge in [0.05, 0.1) is 5.69 Å². The van der Waals surface area contributed by atoms with Crippen LogP contribution in [0.1, 0.15) is 42.6 Å². The van der Waals surface area contributed by atoms with Crippen molar-refractivity contribution in [3.63, 3.8) is 0 Å². The number of carbonyl (C=O) groups is 1. The number of carboxylic acids is 1. The van der Waals surface area contributed by atoms with Gasteiger partial charge in [-0.1, -0.05) is 19.9 Å². The van der Waals surface area contributed by atoms with Gasteiger partial charge in [-0.05, 0) is 43.3 Å². The summed E-state index contributed by atoms with van der Waals surface area (Å²) in [5, 5.41) is 9.13. The zero-order chi connectivity index (χ0) is 16.0. The summed E-state index contributed by atoms with van der Waals surface area (Å²) in [5.41, 5.74) is 0.0665. The van der Waals surface area contributed by atoms with Gasteiger partial charge in [0.1, 0.15) is 16.5 Å². The molecule has 7 heteroatoms. The lowest BCUT2D eigenvalue weighted by molar-refractivity contribution is 0.0691. The van der Waals surface area contributed by atoms with Crippen LogP contribution in [-0.2, 0) is 11.0 Å². The molecule has 0 bridgehead atoms. The first kappa shape index (κ1) is 18.0. The van der Waals surface area contributed by atoms with Crippen LogP contribution in [-0.4, -0.2) is 26.8 Å². The van der Waals surface area contributed by atoms with Crippen molar-refractivity contribution in [3.8, 4) is 0 Å². The van der Waals surface area contributed by atoms with Crippen molar-refractivity contribution in [2.45, 2.75) is 33.6 Å². The molecule has 0 radical (unpaired) electrons. The van der Waals surface area contributed by atoms with Gasteiger partial charge in [-0.2, -0.15) is 0 Å². The summed E-state index contributed by atoms with van der Waals surface area (Å²) in [6.07, 6.45) is 1.55. The molecule has 118 valence electrons. The lowest BCUT2D eigenvalue weighted by Gasteiger charge is -2.23. The van der Waals surface area contributed by atoms with Crippen LogP contribution in [0.15, 0.2) is 12.1 Å². The lowest BCUT2D eigenvalue weighted by atomic mass is 10.1. The summed E-state index contributed by atoms with van der Waals surface area (Å²) in [6, 6.07) is 3.04. The van der Waals surface area contributed by atoms with Gasteiger partial charge < -0.3 is 5.11 Å². The number of hydrogen-bond acceptors (Lipinski definition) is 3. The van der Waals surface area contributed by atoms with E-state index >= 15 is 0 Å². The van der Waals surface area contributed by atoms with Crippen LogP contribution < -0.4 is 3.71 Å². The summed E-state index contributed by atoms with van der Waals surface area (Å²) in [4.78, 5) is 11.2. The molecule has 1 aromatic carbocycles. The van der Waals surface area contributed by atoms with E-state index in [1.165, 1.54) is 21.7 Å². The van der Waals surface area contributed by atoms with Crippen LogP contribution in [0.5, 0.6) is 0 Å². The number of anilines is 1. The quantitative estimate of drug-likeness (QED) is 0.736. The van der Waals surface area contributed by atoms with Gasteiger partial charge in [-0.3, -0.25) is 0 Å². The Balaban J connectivity index is 3.27. The molecule has 0 aliphatic carbocycles. The minimum atomic E-state index is -1.39. The first-order valence-corrected chi connectivity index (χ1v) is 8.99. The Morgan fingerprint density at radius 2 is 2.05 bits per heavy atom. The Labute approximate surface area is 131 Å². The Kier molecular flexibility index (Phi) is 7.17. The molecule has 1 N–H and O–H groups in total. The summed E-state index contributed by atoms with van der Waals surface area (Å²) < 4.78 is 28.2. The van der Waals surface area contributed by atoms with Crippen LogP contribution in [0.25, 0.3) is 0 Å². The van der Waals surface area contributed by atoms with E-state index in [0.29, 0.717) is 23.5 Å². The maximum Gasteiger partial charge on any atom is 0.339 e.